The Morgan fingerprint density at radius 1 is 1.00 bits per heavy atom. The molecule has 1 saturated heterocycles. The number of hydrogen-bond acceptors (Lipinski definition) is 7. The fourth-order valence-corrected chi connectivity index (χ4v) is 5.05. The Bertz CT molecular complexity index is 1120. The zero-order chi connectivity index (χ0) is 22.6. The first kappa shape index (κ1) is 22.1. The van der Waals surface area contributed by atoms with Gasteiger partial charge in [-0.15, -0.1) is 0 Å². The molecule has 0 atom stereocenters. The van der Waals surface area contributed by atoms with Crippen molar-refractivity contribution in [2.24, 2.45) is 0 Å². The number of anilines is 1. The van der Waals surface area contributed by atoms with Crippen LogP contribution in [-0.4, -0.2) is 69.5 Å². The Hall–Kier alpha value is -3.13. The third-order valence-electron chi connectivity index (χ3n) is 5.35. The Balaban J connectivity index is 1.30. The second-order valence-electron chi connectivity index (χ2n) is 7.58. The smallest absolute Gasteiger partial charge is 0.243 e. The monoisotopic (exact) mass is 456 g/mol. The summed E-state index contributed by atoms with van der Waals surface area (Å²) >= 11 is 0. The number of nitriles is 1. The number of carbonyl (C=O) groups excluding carboxylic acids is 1. The summed E-state index contributed by atoms with van der Waals surface area (Å²) in [6.07, 6.45) is 0.809. The number of amides is 1. The summed E-state index contributed by atoms with van der Waals surface area (Å²) in [5.74, 6) is 1.10. The van der Waals surface area contributed by atoms with Gasteiger partial charge < -0.3 is 14.8 Å². The normalized spacial score (nSPS) is 17.2. The van der Waals surface area contributed by atoms with Crippen LogP contribution in [0.4, 0.5) is 5.69 Å². The molecule has 2 aromatic carbocycles. The summed E-state index contributed by atoms with van der Waals surface area (Å²) in [6.45, 7) is 2.82. The van der Waals surface area contributed by atoms with Gasteiger partial charge in [0.2, 0.25) is 15.9 Å². The molecule has 0 spiro atoms. The fourth-order valence-electron chi connectivity index (χ4n) is 3.62. The molecule has 0 unspecified atom stereocenters. The van der Waals surface area contributed by atoms with Crippen molar-refractivity contribution in [3.63, 3.8) is 0 Å². The fraction of sp³-hybridized carbons (Fsp3) is 0.364. The van der Waals surface area contributed by atoms with Crippen LogP contribution in [0.3, 0.4) is 0 Å². The van der Waals surface area contributed by atoms with Crippen molar-refractivity contribution in [2.45, 2.75) is 11.3 Å². The molecule has 10 heteroatoms. The topological polar surface area (TPSA) is 112 Å². The highest BCUT2D eigenvalue weighted by atomic mass is 32.2. The highest BCUT2D eigenvalue weighted by Crippen LogP contribution is 2.32. The van der Waals surface area contributed by atoms with Gasteiger partial charge >= 0.3 is 0 Å². The molecule has 2 heterocycles. The molecule has 0 radical (unpaired) electrons. The molecule has 0 aliphatic carbocycles. The number of benzene rings is 2. The molecular formula is C22H24N4O5S. The quantitative estimate of drug-likeness (QED) is 0.728. The molecule has 2 aliphatic rings. The molecule has 9 nitrogen and oxygen atoms in total. The van der Waals surface area contributed by atoms with Crippen molar-refractivity contribution in [3.8, 4) is 17.6 Å². The van der Waals surface area contributed by atoms with Crippen LogP contribution in [-0.2, 0) is 14.8 Å². The molecule has 0 saturated carbocycles. The summed E-state index contributed by atoms with van der Waals surface area (Å²) in [5, 5.41) is 11.7. The van der Waals surface area contributed by atoms with E-state index in [1.165, 1.54) is 28.6 Å². The van der Waals surface area contributed by atoms with E-state index in [1.54, 1.807) is 18.2 Å². The number of carbonyl (C=O) groups is 1. The van der Waals surface area contributed by atoms with Crippen molar-refractivity contribution in [1.29, 1.82) is 5.26 Å². The second kappa shape index (κ2) is 9.56. The lowest BCUT2D eigenvalue weighted by Crippen LogP contribution is -2.50. The molecule has 0 aromatic heterocycles. The number of piperazine rings is 1. The molecule has 2 aromatic rings. The number of nitrogens with zero attached hydrogens (tertiary/aromatic N) is 3. The standard InChI is InChI=1S/C22H24N4O5S/c23-15-17-2-5-19(6-3-17)32(28,29)26-10-8-25(9-11-26)16-22(27)24-18-4-7-20-21(14-18)31-13-1-12-30-20/h2-7,14H,1,8-13,16H2,(H,24,27). The molecule has 4 rings (SSSR count). The first-order valence-electron chi connectivity index (χ1n) is 10.4. The van der Waals surface area contributed by atoms with Gasteiger partial charge in [0, 0.05) is 44.4 Å². The molecule has 168 valence electrons. The lowest BCUT2D eigenvalue weighted by molar-refractivity contribution is -0.117. The van der Waals surface area contributed by atoms with Crippen molar-refractivity contribution in [2.75, 3.05) is 51.3 Å². The summed E-state index contributed by atoms with van der Waals surface area (Å²) in [5.41, 5.74) is 1.04. The van der Waals surface area contributed by atoms with Crippen LogP contribution in [0, 0.1) is 11.3 Å². The number of fused-ring (bicyclic) bond motifs is 1. The molecule has 0 bridgehead atoms. The maximum Gasteiger partial charge on any atom is 0.243 e. The van der Waals surface area contributed by atoms with Crippen LogP contribution in [0.1, 0.15) is 12.0 Å². The number of hydrogen-bond donors (Lipinski definition) is 1. The van der Waals surface area contributed by atoms with Gasteiger partial charge in [-0.3, -0.25) is 9.69 Å². The van der Waals surface area contributed by atoms with E-state index in [0.717, 1.165) is 6.42 Å². The van der Waals surface area contributed by atoms with Crippen LogP contribution in [0.2, 0.25) is 0 Å². The first-order chi connectivity index (χ1) is 15.5. The van der Waals surface area contributed by atoms with E-state index in [1.807, 2.05) is 11.0 Å². The highest BCUT2D eigenvalue weighted by molar-refractivity contribution is 7.89. The largest absolute Gasteiger partial charge is 0.490 e. The minimum Gasteiger partial charge on any atom is -0.490 e. The molecule has 32 heavy (non-hydrogen) atoms. The molecule has 1 amide bonds. The van der Waals surface area contributed by atoms with Crippen LogP contribution in [0.25, 0.3) is 0 Å². The van der Waals surface area contributed by atoms with E-state index < -0.39 is 10.0 Å². The zero-order valence-corrected chi connectivity index (χ0v) is 18.3. The summed E-state index contributed by atoms with van der Waals surface area (Å²) < 4.78 is 38.3. The maximum absolute atomic E-state index is 12.8. The number of rotatable bonds is 5. The second-order valence-corrected chi connectivity index (χ2v) is 9.51. The van der Waals surface area contributed by atoms with E-state index in [0.29, 0.717) is 62.1 Å². The van der Waals surface area contributed by atoms with Gasteiger partial charge in [0.05, 0.1) is 36.3 Å². The third kappa shape index (κ3) is 5.02. The van der Waals surface area contributed by atoms with Gasteiger partial charge in [-0.1, -0.05) is 0 Å². The number of nitrogens with one attached hydrogen (secondary N) is 1. The average Bonchev–Trinajstić information content (AvgIpc) is 3.04. The third-order valence-corrected chi connectivity index (χ3v) is 7.26. The van der Waals surface area contributed by atoms with Gasteiger partial charge in [-0.25, -0.2) is 8.42 Å². The Morgan fingerprint density at radius 3 is 2.38 bits per heavy atom. The van der Waals surface area contributed by atoms with Crippen LogP contribution in [0.15, 0.2) is 47.4 Å². The molecule has 1 fully saturated rings. The predicted molar refractivity (Wildman–Crippen MR) is 117 cm³/mol. The Morgan fingerprint density at radius 2 is 1.69 bits per heavy atom. The lowest BCUT2D eigenvalue weighted by Gasteiger charge is -2.33. The Labute approximate surface area is 187 Å². The minimum absolute atomic E-state index is 0.164. The van der Waals surface area contributed by atoms with Crippen molar-refractivity contribution in [1.82, 2.24) is 9.21 Å². The van der Waals surface area contributed by atoms with Crippen molar-refractivity contribution < 1.29 is 22.7 Å². The van der Waals surface area contributed by atoms with E-state index in [-0.39, 0.29) is 17.3 Å². The molecule has 2 aliphatic heterocycles. The molecule has 1 N–H and O–H groups in total. The van der Waals surface area contributed by atoms with Gasteiger partial charge in [-0.2, -0.15) is 9.57 Å². The van der Waals surface area contributed by atoms with Crippen molar-refractivity contribution >= 4 is 21.6 Å². The van der Waals surface area contributed by atoms with Crippen molar-refractivity contribution in [3.05, 3.63) is 48.0 Å². The summed E-state index contributed by atoms with van der Waals surface area (Å²) in [4.78, 5) is 14.6. The maximum atomic E-state index is 12.8. The summed E-state index contributed by atoms with van der Waals surface area (Å²) in [6, 6.07) is 13.2. The van der Waals surface area contributed by atoms with Gasteiger partial charge in [0.25, 0.3) is 0 Å². The van der Waals surface area contributed by atoms with E-state index in [4.69, 9.17) is 14.7 Å². The van der Waals surface area contributed by atoms with Crippen LogP contribution < -0.4 is 14.8 Å². The predicted octanol–water partition coefficient (Wildman–Crippen LogP) is 1.66. The van der Waals surface area contributed by atoms with E-state index >= 15 is 0 Å². The summed E-state index contributed by atoms with van der Waals surface area (Å²) in [7, 11) is -3.63. The Kier molecular flexibility index (Phi) is 6.60. The first-order valence-corrected chi connectivity index (χ1v) is 11.8. The average molecular weight is 457 g/mol. The number of ether oxygens (including phenoxy) is 2. The van der Waals surface area contributed by atoms with Gasteiger partial charge in [-0.05, 0) is 36.4 Å². The van der Waals surface area contributed by atoms with Crippen LogP contribution >= 0.6 is 0 Å². The molecular weight excluding hydrogens is 432 g/mol. The number of sulfonamides is 1. The van der Waals surface area contributed by atoms with Gasteiger partial charge in [0.15, 0.2) is 11.5 Å². The zero-order valence-electron chi connectivity index (χ0n) is 17.5. The highest BCUT2D eigenvalue weighted by Gasteiger charge is 2.29. The van der Waals surface area contributed by atoms with Gasteiger partial charge in [0.1, 0.15) is 0 Å². The van der Waals surface area contributed by atoms with E-state index in [2.05, 4.69) is 5.32 Å². The van der Waals surface area contributed by atoms with Crippen LogP contribution in [0.5, 0.6) is 11.5 Å². The minimum atomic E-state index is -3.63. The van der Waals surface area contributed by atoms with E-state index in [9.17, 15) is 13.2 Å². The lowest BCUT2D eigenvalue weighted by atomic mass is 10.2. The SMILES string of the molecule is N#Cc1ccc(S(=O)(=O)N2CCN(CC(=O)Nc3ccc4c(c3)OCCCO4)CC2)cc1.